The van der Waals surface area contributed by atoms with E-state index in [1.807, 2.05) is 31.2 Å². The van der Waals surface area contributed by atoms with Crippen molar-refractivity contribution in [3.05, 3.63) is 34.3 Å². The van der Waals surface area contributed by atoms with Crippen LogP contribution in [0.25, 0.3) is 0 Å². The molecule has 2 rings (SSSR count). The van der Waals surface area contributed by atoms with E-state index < -0.39 is 5.60 Å². The second-order valence-electron chi connectivity index (χ2n) is 3.71. The molecule has 0 spiro atoms. The number of carbonyl (C=O) groups excluding carboxylic acids is 1. The highest BCUT2D eigenvalue weighted by Crippen LogP contribution is 2.36. The first-order valence-corrected chi connectivity index (χ1v) is 5.37. The molecule has 1 atom stereocenters. The molecule has 1 aliphatic rings. The van der Waals surface area contributed by atoms with Gasteiger partial charge in [-0.25, -0.2) is 0 Å². The molecule has 1 saturated heterocycles. The molecule has 1 heterocycles. The molecule has 1 unspecified atom stereocenters. The number of rotatable bonds is 1. The number of hydrogen-bond acceptors (Lipinski definition) is 2. The van der Waals surface area contributed by atoms with E-state index in [2.05, 4.69) is 15.9 Å². The Morgan fingerprint density at radius 2 is 2.00 bits per heavy atom. The van der Waals surface area contributed by atoms with Crippen LogP contribution in [0.1, 0.15) is 25.3 Å². The van der Waals surface area contributed by atoms with E-state index in [9.17, 15) is 4.79 Å². The molecule has 1 fully saturated rings. The predicted octanol–water partition coefficient (Wildman–Crippen LogP) is 3.00. The summed E-state index contributed by atoms with van der Waals surface area (Å²) < 4.78 is 6.36. The van der Waals surface area contributed by atoms with Gasteiger partial charge in [-0.2, -0.15) is 0 Å². The van der Waals surface area contributed by atoms with Crippen LogP contribution in [0.2, 0.25) is 0 Å². The molecule has 74 valence electrons. The summed E-state index contributed by atoms with van der Waals surface area (Å²) in [5.41, 5.74) is 0.643. The van der Waals surface area contributed by atoms with E-state index >= 15 is 0 Å². The van der Waals surface area contributed by atoms with Crippen molar-refractivity contribution in [1.82, 2.24) is 0 Å². The minimum absolute atomic E-state index is 0.101. The first-order chi connectivity index (χ1) is 6.60. The molecule has 14 heavy (non-hydrogen) atoms. The number of carbonyl (C=O) groups is 1. The lowest BCUT2D eigenvalue weighted by molar-refractivity contribution is -0.147. The second-order valence-corrected chi connectivity index (χ2v) is 4.63. The van der Waals surface area contributed by atoms with Crippen LogP contribution in [0.5, 0.6) is 0 Å². The lowest BCUT2D eigenvalue weighted by atomic mass is 9.93. The van der Waals surface area contributed by atoms with Gasteiger partial charge in [-0.05, 0) is 24.6 Å². The van der Waals surface area contributed by atoms with Gasteiger partial charge in [0.15, 0.2) is 0 Å². The molecular weight excluding hydrogens is 244 g/mol. The van der Waals surface area contributed by atoms with Crippen LogP contribution < -0.4 is 0 Å². The summed E-state index contributed by atoms with van der Waals surface area (Å²) in [7, 11) is 0. The third kappa shape index (κ3) is 1.69. The summed E-state index contributed by atoms with van der Waals surface area (Å²) in [6.45, 7) is 1.96. The Balaban J connectivity index is 2.30. The van der Waals surface area contributed by atoms with Crippen LogP contribution in [-0.4, -0.2) is 5.97 Å². The third-order valence-electron chi connectivity index (χ3n) is 2.60. The van der Waals surface area contributed by atoms with Crippen molar-refractivity contribution in [3.8, 4) is 0 Å². The zero-order valence-electron chi connectivity index (χ0n) is 7.92. The van der Waals surface area contributed by atoms with E-state index in [0.717, 1.165) is 16.5 Å². The lowest BCUT2D eigenvalue weighted by Crippen LogP contribution is -2.20. The van der Waals surface area contributed by atoms with Gasteiger partial charge in [0.25, 0.3) is 0 Å². The smallest absolute Gasteiger partial charge is 0.306 e. The minimum atomic E-state index is -0.419. The molecule has 0 radical (unpaired) electrons. The second kappa shape index (κ2) is 3.39. The molecule has 1 aromatic rings. The molecule has 3 heteroatoms. The Hall–Kier alpha value is -0.830. The zero-order valence-corrected chi connectivity index (χ0v) is 9.50. The molecular formula is C11H11BrO2. The van der Waals surface area contributed by atoms with Crippen LogP contribution in [0.3, 0.4) is 0 Å². The fourth-order valence-electron chi connectivity index (χ4n) is 1.70. The maximum atomic E-state index is 11.1. The van der Waals surface area contributed by atoms with Gasteiger partial charge >= 0.3 is 5.97 Å². The molecule has 2 nitrogen and oxygen atoms in total. The largest absolute Gasteiger partial charge is 0.454 e. The number of cyclic esters (lactones) is 1. The summed E-state index contributed by atoms with van der Waals surface area (Å²) in [6.07, 6.45) is 1.29. The standard InChI is InChI=1S/C11H11BrO2/c1-11(7-6-10(13)14-11)8-2-4-9(12)5-3-8/h2-5H,6-7H2,1H3. The highest BCUT2D eigenvalue weighted by Gasteiger charge is 2.37. The zero-order chi connectivity index (χ0) is 10.2. The number of hydrogen-bond donors (Lipinski definition) is 0. The summed E-state index contributed by atoms with van der Waals surface area (Å²) in [5, 5.41) is 0. The Morgan fingerprint density at radius 3 is 2.50 bits per heavy atom. The fraction of sp³-hybridized carbons (Fsp3) is 0.364. The Labute approximate surface area is 91.4 Å². The quantitative estimate of drug-likeness (QED) is 0.721. The summed E-state index contributed by atoms with van der Waals surface area (Å²) in [4.78, 5) is 11.1. The maximum absolute atomic E-state index is 11.1. The van der Waals surface area contributed by atoms with E-state index in [1.165, 1.54) is 0 Å². The summed E-state index contributed by atoms with van der Waals surface area (Å²) >= 11 is 3.38. The Kier molecular flexibility index (Phi) is 2.35. The maximum Gasteiger partial charge on any atom is 0.306 e. The van der Waals surface area contributed by atoms with Crippen molar-refractivity contribution in [3.63, 3.8) is 0 Å². The molecule has 1 aromatic carbocycles. The normalized spacial score (nSPS) is 26.3. The van der Waals surface area contributed by atoms with Crippen LogP contribution in [0, 0.1) is 0 Å². The van der Waals surface area contributed by atoms with E-state index in [0.29, 0.717) is 6.42 Å². The minimum Gasteiger partial charge on any atom is -0.454 e. The van der Waals surface area contributed by atoms with Crippen molar-refractivity contribution >= 4 is 21.9 Å². The third-order valence-corrected chi connectivity index (χ3v) is 3.13. The van der Waals surface area contributed by atoms with Gasteiger partial charge in [-0.1, -0.05) is 28.1 Å². The van der Waals surface area contributed by atoms with Crippen molar-refractivity contribution < 1.29 is 9.53 Å². The van der Waals surface area contributed by atoms with Crippen LogP contribution >= 0.6 is 15.9 Å². The molecule has 0 saturated carbocycles. The van der Waals surface area contributed by atoms with Crippen molar-refractivity contribution in [2.24, 2.45) is 0 Å². The Bertz CT molecular complexity index is 358. The van der Waals surface area contributed by atoms with Crippen LogP contribution in [0.4, 0.5) is 0 Å². The molecule has 0 amide bonds. The highest BCUT2D eigenvalue weighted by atomic mass is 79.9. The lowest BCUT2D eigenvalue weighted by Gasteiger charge is -2.22. The number of halogens is 1. The first kappa shape index (κ1) is 9.71. The fourth-order valence-corrected chi connectivity index (χ4v) is 1.96. The van der Waals surface area contributed by atoms with Gasteiger partial charge in [-0.3, -0.25) is 4.79 Å². The van der Waals surface area contributed by atoms with Gasteiger partial charge in [0.2, 0.25) is 0 Å². The average molecular weight is 255 g/mol. The van der Waals surface area contributed by atoms with Gasteiger partial charge in [0, 0.05) is 17.3 Å². The molecule has 0 N–H and O–H groups in total. The number of ether oxygens (including phenoxy) is 1. The first-order valence-electron chi connectivity index (χ1n) is 4.58. The van der Waals surface area contributed by atoms with Crippen molar-refractivity contribution in [2.45, 2.75) is 25.4 Å². The molecule has 0 bridgehead atoms. The summed E-state index contributed by atoms with van der Waals surface area (Å²) in [6, 6.07) is 7.91. The van der Waals surface area contributed by atoms with Crippen LogP contribution in [0.15, 0.2) is 28.7 Å². The Morgan fingerprint density at radius 1 is 1.36 bits per heavy atom. The van der Waals surface area contributed by atoms with Gasteiger partial charge in [0.05, 0.1) is 0 Å². The van der Waals surface area contributed by atoms with Crippen LogP contribution in [-0.2, 0) is 15.1 Å². The molecule has 0 aromatic heterocycles. The average Bonchev–Trinajstić information content (AvgIpc) is 2.48. The topological polar surface area (TPSA) is 26.3 Å². The van der Waals surface area contributed by atoms with Crippen molar-refractivity contribution in [1.29, 1.82) is 0 Å². The highest BCUT2D eigenvalue weighted by molar-refractivity contribution is 9.10. The van der Waals surface area contributed by atoms with E-state index in [-0.39, 0.29) is 5.97 Å². The molecule has 1 aliphatic heterocycles. The SMILES string of the molecule is CC1(c2ccc(Br)cc2)CCC(=O)O1. The van der Waals surface area contributed by atoms with Gasteiger partial charge in [-0.15, -0.1) is 0 Å². The number of esters is 1. The van der Waals surface area contributed by atoms with E-state index in [1.54, 1.807) is 0 Å². The van der Waals surface area contributed by atoms with Crippen molar-refractivity contribution in [2.75, 3.05) is 0 Å². The van der Waals surface area contributed by atoms with E-state index in [4.69, 9.17) is 4.74 Å². The summed E-state index contributed by atoms with van der Waals surface area (Å²) in [5.74, 6) is -0.101. The van der Waals surface area contributed by atoms with Gasteiger partial charge < -0.3 is 4.74 Å². The van der Waals surface area contributed by atoms with Gasteiger partial charge in [0.1, 0.15) is 5.60 Å². The monoisotopic (exact) mass is 254 g/mol. The predicted molar refractivity (Wildman–Crippen MR) is 56.8 cm³/mol. The number of benzene rings is 1. The molecule has 0 aliphatic carbocycles.